The minimum absolute atomic E-state index is 0.145. The highest BCUT2D eigenvalue weighted by atomic mass is 16.5. The molecule has 0 saturated carbocycles. The van der Waals surface area contributed by atoms with E-state index >= 15 is 0 Å². The largest absolute Gasteiger partial charge is 0.385 e. The Morgan fingerprint density at radius 1 is 1.88 bits per heavy atom. The van der Waals surface area contributed by atoms with Gasteiger partial charge in [-0.3, -0.25) is 9.89 Å². The van der Waals surface area contributed by atoms with E-state index in [4.69, 9.17) is 10.5 Å². The summed E-state index contributed by atoms with van der Waals surface area (Å²) < 4.78 is 5.27. The Morgan fingerprint density at radius 3 is 3.18 bits per heavy atom. The molecule has 2 rings (SSSR count). The number of H-pyrrole nitrogens is 1. The molecule has 1 aliphatic rings. The third-order valence-corrected chi connectivity index (χ3v) is 3.06. The third-order valence-electron chi connectivity index (χ3n) is 3.06. The van der Waals surface area contributed by atoms with Crippen LogP contribution >= 0.6 is 0 Å². The molecule has 1 aromatic rings. The Kier molecular flexibility index (Phi) is 3.03. The van der Waals surface area contributed by atoms with Gasteiger partial charge in [0.15, 0.2) is 0 Å². The van der Waals surface area contributed by atoms with E-state index in [9.17, 15) is 9.90 Å². The smallest absolute Gasteiger partial charge is 0.269 e. The average Bonchev–Trinajstić information content (AvgIpc) is 2.84. The second-order valence-electron chi connectivity index (χ2n) is 4.26. The van der Waals surface area contributed by atoms with Crippen LogP contribution in [0.5, 0.6) is 0 Å². The molecular weight excluding hydrogens is 224 g/mol. The number of amides is 1. The molecule has 2 heterocycles. The molecule has 1 aromatic heterocycles. The Morgan fingerprint density at radius 2 is 2.65 bits per heavy atom. The molecule has 1 amide bonds. The fraction of sp³-hybridized carbons (Fsp3) is 0.600. The molecule has 94 valence electrons. The summed E-state index contributed by atoms with van der Waals surface area (Å²) in [6, 6.07) is 1.44. The van der Waals surface area contributed by atoms with Gasteiger partial charge >= 0.3 is 0 Å². The van der Waals surface area contributed by atoms with Crippen molar-refractivity contribution in [3.8, 4) is 0 Å². The summed E-state index contributed by atoms with van der Waals surface area (Å²) in [7, 11) is 0. The van der Waals surface area contributed by atoms with Gasteiger partial charge in [-0.05, 0) is 6.92 Å². The number of aromatic amines is 1. The number of carbonyl (C=O) groups is 1. The summed E-state index contributed by atoms with van der Waals surface area (Å²) in [5, 5.41) is 19.0. The fourth-order valence-corrected chi connectivity index (χ4v) is 1.79. The van der Waals surface area contributed by atoms with Gasteiger partial charge in [-0.15, -0.1) is 0 Å². The van der Waals surface area contributed by atoms with Crippen LogP contribution in [-0.4, -0.2) is 46.1 Å². The number of nitrogens with two attached hydrogens (primary N) is 1. The van der Waals surface area contributed by atoms with Crippen LogP contribution in [0.1, 0.15) is 23.8 Å². The van der Waals surface area contributed by atoms with E-state index < -0.39 is 5.60 Å². The monoisotopic (exact) mass is 240 g/mol. The number of nitrogen functional groups attached to an aromatic ring is 1. The fourth-order valence-electron chi connectivity index (χ4n) is 1.79. The van der Waals surface area contributed by atoms with E-state index in [1.165, 1.54) is 6.07 Å². The first-order valence-electron chi connectivity index (χ1n) is 5.44. The molecule has 0 aromatic carbocycles. The maximum Gasteiger partial charge on any atom is 0.269 e. The first-order valence-corrected chi connectivity index (χ1v) is 5.44. The number of rotatable bonds is 3. The van der Waals surface area contributed by atoms with Crippen LogP contribution in [-0.2, 0) is 4.74 Å². The molecule has 2 atom stereocenters. The lowest BCUT2D eigenvalue weighted by atomic mass is 9.97. The van der Waals surface area contributed by atoms with Crippen molar-refractivity contribution in [3.63, 3.8) is 0 Å². The maximum atomic E-state index is 11.7. The Labute approximate surface area is 98.3 Å². The predicted molar refractivity (Wildman–Crippen MR) is 60.3 cm³/mol. The van der Waals surface area contributed by atoms with Crippen molar-refractivity contribution in [3.05, 3.63) is 11.8 Å². The van der Waals surface area contributed by atoms with Gasteiger partial charge < -0.3 is 20.9 Å². The van der Waals surface area contributed by atoms with E-state index in [0.717, 1.165) is 0 Å². The molecule has 0 spiro atoms. The van der Waals surface area contributed by atoms with Crippen molar-refractivity contribution in [1.82, 2.24) is 15.5 Å². The van der Waals surface area contributed by atoms with E-state index in [2.05, 4.69) is 15.5 Å². The molecule has 5 N–H and O–H groups in total. The van der Waals surface area contributed by atoms with Crippen molar-refractivity contribution < 1.29 is 14.6 Å². The Bertz CT molecular complexity index is 419. The molecule has 7 heteroatoms. The minimum atomic E-state index is -0.999. The number of aromatic nitrogens is 2. The average molecular weight is 240 g/mol. The van der Waals surface area contributed by atoms with Crippen LogP contribution in [0.25, 0.3) is 0 Å². The van der Waals surface area contributed by atoms with Crippen molar-refractivity contribution >= 4 is 11.7 Å². The van der Waals surface area contributed by atoms with Gasteiger partial charge in [0.25, 0.3) is 5.91 Å². The highest BCUT2D eigenvalue weighted by Gasteiger charge is 2.39. The van der Waals surface area contributed by atoms with E-state index in [1.807, 2.05) is 0 Å². The van der Waals surface area contributed by atoms with Crippen LogP contribution in [0.3, 0.4) is 0 Å². The second kappa shape index (κ2) is 4.34. The Hall–Kier alpha value is -1.60. The molecule has 0 radical (unpaired) electrons. The molecule has 1 saturated heterocycles. The normalized spacial score (nSPS) is 28.2. The van der Waals surface area contributed by atoms with Gasteiger partial charge in [0, 0.05) is 25.6 Å². The van der Waals surface area contributed by atoms with Gasteiger partial charge in [-0.25, -0.2) is 0 Å². The van der Waals surface area contributed by atoms with Gasteiger partial charge in [0.05, 0.1) is 6.10 Å². The van der Waals surface area contributed by atoms with Crippen molar-refractivity contribution in [2.75, 3.05) is 18.9 Å². The number of anilines is 1. The molecule has 1 aliphatic heterocycles. The summed E-state index contributed by atoms with van der Waals surface area (Å²) in [5.41, 5.74) is 4.67. The molecule has 7 nitrogen and oxygen atoms in total. The van der Waals surface area contributed by atoms with E-state index in [-0.39, 0.29) is 30.1 Å². The molecular formula is C10H16N4O3. The highest BCUT2D eigenvalue weighted by molar-refractivity contribution is 5.92. The summed E-state index contributed by atoms with van der Waals surface area (Å²) >= 11 is 0. The second-order valence-corrected chi connectivity index (χ2v) is 4.26. The van der Waals surface area contributed by atoms with Gasteiger partial charge in [-0.2, -0.15) is 5.10 Å². The number of hydrogen-bond acceptors (Lipinski definition) is 5. The standard InChI is InChI=1S/C10H16N4O3/c1-6-10(16,2-3-17-6)5-12-9(15)7-4-8(11)14-13-7/h4,6,16H,2-3,5H2,1H3,(H,12,15)(H3,11,13,14). The zero-order chi connectivity index (χ0) is 12.5. The van der Waals surface area contributed by atoms with Crippen LogP contribution in [0.2, 0.25) is 0 Å². The zero-order valence-electron chi connectivity index (χ0n) is 9.56. The third kappa shape index (κ3) is 2.40. The molecule has 1 fully saturated rings. The molecule has 0 aliphatic carbocycles. The summed E-state index contributed by atoms with van der Waals surface area (Å²) in [6.07, 6.45) is 0.231. The first-order chi connectivity index (χ1) is 8.01. The molecule has 0 bridgehead atoms. The van der Waals surface area contributed by atoms with Gasteiger partial charge in [-0.1, -0.05) is 0 Å². The van der Waals surface area contributed by atoms with Crippen LogP contribution in [0.15, 0.2) is 6.07 Å². The van der Waals surface area contributed by atoms with Crippen LogP contribution < -0.4 is 11.1 Å². The summed E-state index contributed by atoms with van der Waals surface area (Å²) in [4.78, 5) is 11.7. The SMILES string of the molecule is CC1OCCC1(O)CNC(=O)c1cc(N)n[nH]1. The first kappa shape index (κ1) is 11.9. The summed E-state index contributed by atoms with van der Waals surface area (Å²) in [5.74, 6) is -0.0897. The Balaban J connectivity index is 1.92. The van der Waals surface area contributed by atoms with Gasteiger partial charge in [0.2, 0.25) is 0 Å². The maximum absolute atomic E-state index is 11.7. The topological polar surface area (TPSA) is 113 Å². The minimum Gasteiger partial charge on any atom is -0.385 e. The van der Waals surface area contributed by atoms with E-state index in [0.29, 0.717) is 13.0 Å². The lowest BCUT2D eigenvalue weighted by molar-refractivity contribution is -0.0252. The molecule has 2 unspecified atom stereocenters. The lowest BCUT2D eigenvalue weighted by Gasteiger charge is -2.25. The van der Waals surface area contributed by atoms with Crippen molar-refractivity contribution in [2.45, 2.75) is 25.0 Å². The van der Waals surface area contributed by atoms with Gasteiger partial charge in [0.1, 0.15) is 17.1 Å². The van der Waals surface area contributed by atoms with Crippen molar-refractivity contribution in [1.29, 1.82) is 0 Å². The van der Waals surface area contributed by atoms with E-state index in [1.54, 1.807) is 6.92 Å². The van der Waals surface area contributed by atoms with Crippen LogP contribution in [0.4, 0.5) is 5.82 Å². The number of nitrogens with zero attached hydrogens (tertiary/aromatic N) is 1. The zero-order valence-corrected chi connectivity index (χ0v) is 9.56. The quantitative estimate of drug-likeness (QED) is 0.556. The highest BCUT2D eigenvalue weighted by Crippen LogP contribution is 2.24. The summed E-state index contributed by atoms with van der Waals surface area (Å²) in [6.45, 7) is 2.43. The van der Waals surface area contributed by atoms with Crippen LogP contribution in [0, 0.1) is 0 Å². The molecule has 17 heavy (non-hydrogen) atoms. The number of ether oxygens (including phenoxy) is 1. The number of aliphatic hydroxyl groups is 1. The lowest BCUT2D eigenvalue weighted by Crippen LogP contribution is -2.47. The number of carbonyl (C=O) groups excluding carboxylic acids is 1. The predicted octanol–water partition coefficient (Wildman–Crippen LogP) is -0.738. The number of nitrogens with one attached hydrogen (secondary N) is 2. The van der Waals surface area contributed by atoms with Crippen molar-refractivity contribution in [2.24, 2.45) is 0 Å². The number of hydrogen-bond donors (Lipinski definition) is 4.